The number of carboxylic acid groups (broad SMARTS) is 1. The van der Waals surface area contributed by atoms with Gasteiger partial charge < -0.3 is 9.84 Å². The molecule has 1 N–H and O–H groups in total. The lowest BCUT2D eigenvalue weighted by Gasteiger charge is -2.68. The van der Waals surface area contributed by atoms with Crippen molar-refractivity contribution >= 4 is 5.97 Å². The van der Waals surface area contributed by atoms with E-state index >= 15 is 0 Å². The number of hydrogen-bond donors (Lipinski definition) is 1. The number of carbonyl (C=O) groups is 1. The molecule has 0 heterocycles. The molecule has 0 aliphatic heterocycles. The van der Waals surface area contributed by atoms with Crippen molar-refractivity contribution in [3.8, 4) is 5.75 Å². The second kappa shape index (κ2) is 3.00. The van der Waals surface area contributed by atoms with Gasteiger partial charge in [-0.2, -0.15) is 0 Å². The summed E-state index contributed by atoms with van der Waals surface area (Å²) >= 11 is 0. The lowest BCUT2D eigenvalue weighted by molar-refractivity contribution is -0.194. The highest BCUT2D eigenvalue weighted by Crippen LogP contribution is 2.74. The second-order valence-electron chi connectivity index (χ2n) is 5.24. The van der Waals surface area contributed by atoms with E-state index in [-0.39, 0.29) is 11.2 Å². The zero-order valence-corrected chi connectivity index (χ0v) is 9.50. The maximum Gasteiger partial charge on any atom is 0.309 e. The second-order valence-corrected chi connectivity index (χ2v) is 5.24. The molecule has 4 heteroatoms. The van der Waals surface area contributed by atoms with Crippen molar-refractivity contribution in [2.45, 2.75) is 24.7 Å². The summed E-state index contributed by atoms with van der Waals surface area (Å²) < 4.78 is 18.5. The zero-order valence-electron chi connectivity index (χ0n) is 9.50. The minimum atomic E-state index is -0.727. The molecule has 0 atom stereocenters. The van der Waals surface area contributed by atoms with Crippen LogP contribution in [-0.4, -0.2) is 18.2 Å². The Kier molecular flexibility index (Phi) is 1.86. The number of halogens is 1. The Hall–Kier alpha value is -1.58. The van der Waals surface area contributed by atoms with Crippen molar-refractivity contribution in [3.63, 3.8) is 0 Å². The smallest absolute Gasteiger partial charge is 0.309 e. The number of carboxylic acids is 1. The van der Waals surface area contributed by atoms with Crippen LogP contribution in [0.25, 0.3) is 0 Å². The number of rotatable bonds is 3. The van der Waals surface area contributed by atoms with Crippen LogP contribution in [0.1, 0.15) is 24.8 Å². The van der Waals surface area contributed by atoms with Gasteiger partial charge in [0.2, 0.25) is 0 Å². The molecule has 90 valence electrons. The van der Waals surface area contributed by atoms with Crippen LogP contribution in [0.2, 0.25) is 0 Å². The van der Waals surface area contributed by atoms with Gasteiger partial charge in [-0.25, -0.2) is 4.39 Å². The van der Waals surface area contributed by atoms with Crippen molar-refractivity contribution in [3.05, 3.63) is 29.6 Å². The third-order valence-electron chi connectivity index (χ3n) is 4.22. The Labute approximate surface area is 98.2 Å². The molecule has 0 saturated heterocycles. The van der Waals surface area contributed by atoms with Gasteiger partial charge in [0.25, 0.3) is 0 Å². The Morgan fingerprint density at radius 2 is 2.06 bits per heavy atom. The summed E-state index contributed by atoms with van der Waals surface area (Å²) in [6.45, 7) is 0. The Morgan fingerprint density at radius 1 is 1.41 bits per heavy atom. The van der Waals surface area contributed by atoms with Crippen LogP contribution < -0.4 is 4.74 Å². The van der Waals surface area contributed by atoms with Crippen LogP contribution in [0.5, 0.6) is 5.75 Å². The summed E-state index contributed by atoms with van der Waals surface area (Å²) in [6, 6.07) is 4.45. The molecule has 1 aromatic carbocycles. The van der Waals surface area contributed by atoms with E-state index < -0.39 is 11.4 Å². The molecule has 0 radical (unpaired) electrons. The van der Waals surface area contributed by atoms with E-state index in [1.165, 1.54) is 12.1 Å². The lowest BCUT2D eigenvalue weighted by atomic mass is 9.33. The van der Waals surface area contributed by atoms with Gasteiger partial charge in [0.1, 0.15) is 11.6 Å². The minimum Gasteiger partial charge on any atom is -0.496 e. The average molecular weight is 236 g/mol. The Morgan fingerprint density at radius 3 is 2.59 bits per heavy atom. The molecular formula is C13H13FO3. The Balaban J connectivity index is 1.93. The van der Waals surface area contributed by atoms with Gasteiger partial charge in [-0.05, 0) is 37.5 Å². The van der Waals surface area contributed by atoms with Crippen molar-refractivity contribution in [2.24, 2.45) is 5.41 Å². The van der Waals surface area contributed by atoms with E-state index in [1.54, 1.807) is 13.2 Å². The summed E-state index contributed by atoms with van der Waals surface area (Å²) in [5, 5.41) is 9.07. The maximum atomic E-state index is 13.3. The molecule has 17 heavy (non-hydrogen) atoms. The van der Waals surface area contributed by atoms with Crippen LogP contribution in [0, 0.1) is 11.2 Å². The molecule has 3 aliphatic carbocycles. The van der Waals surface area contributed by atoms with E-state index in [1.807, 2.05) is 0 Å². The van der Waals surface area contributed by atoms with Gasteiger partial charge in [0.05, 0.1) is 12.5 Å². The van der Waals surface area contributed by atoms with Gasteiger partial charge in [-0.3, -0.25) is 4.79 Å². The minimum absolute atomic E-state index is 0.161. The Bertz CT molecular complexity index is 490. The largest absolute Gasteiger partial charge is 0.496 e. The molecule has 1 aromatic rings. The zero-order chi connectivity index (χ0) is 12.3. The number of ether oxygens (including phenoxy) is 1. The monoisotopic (exact) mass is 236 g/mol. The maximum absolute atomic E-state index is 13.3. The fraction of sp³-hybridized carbons (Fsp3) is 0.462. The van der Waals surface area contributed by atoms with Crippen molar-refractivity contribution in [2.75, 3.05) is 7.11 Å². The first-order valence-corrected chi connectivity index (χ1v) is 5.59. The first-order valence-electron chi connectivity index (χ1n) is 5.59. The van der Waals surface area contributed by atoms with Gasteiger partial charge in [0.15, 0.2) is 0 Å². The fourth-order valence-electron chi connectivity index (χ4n) is 3.40. The van der Waals surface area contributed by atoms with Gasteiger partial charge >= 0.3 is 5.97 Å². The highest BCUT2D eigenvalue weighted by Gasteiger charge is 2.73. The van der Waals surface area contributed by atoms with E-state index in [9.17, 15) is 9.18 Å². The third-order valence-corrected chi connectivity index (χ3v) is 4.22. The molecule has 3 aliphatic rings. The van der Waals surface area contributed by atoms with Crippen molar-refractivity contribution < 1.29 is 19.0 Å². The van der Waals surface area contributed by atoms with E-state index in [2.05, 4.69) is 0 Å². The van der Waals surface area contributed by atoms with Crippen LogP contribution in [0.15, 0.2) is 18.2 Å². The molecule has 0 spiro atoms. The van der Waals surface area contributed by atoms with E-state index in [0.29, 0.717) is 25.0 Å². The summed E-state index contributed by atoms with van der Waals surface area (Å²) in [7, 11) is 1.55. The predicted octanol–water partition coefficient (Wildman–Crippen LogP) is 2.34. The lowest BCUT2D eigenvalue weighted by Crippen LogP contribution is -2.67. The molecule has 2 bridgehead atoms. The molecule has 4 rings (SSSR count). The van der Waals surface area contributed by atoms with E-state index in [4.69, 9.17) is 9.84 Å². The van der Waals surface area contributed by atoms with Gasteiger partial charge in [-0.1, -0.05) is 0 Å². The van der Waals surface area contributed by atoms with Gasteiger partial charge in [0, 0.05) is 11.0 Å². The molecule has 3 nitrogen and oxygen atoms in total. The van der Waals surface area contributed by atoms with Crippen LogP contribution >= 0.6 is 0 Å². The topological polar surface area (TPSA) is 46.5 Å². The molecule has 0 aromatic heterocycles. The van der Waals surface area contributed by atoms with Crippen LogP contribution in [0.4, 0.5) is 4.39 Å². The molecule has 0 unspecified atom stereocenters. The normalized spacial score (nSPS) is 33.5. The SMILES string of the molecule is COc1ccc(F)cc1C12CC(C(=O)O)(C1)C2. The highest BCUT2D eigenvalue weighted by molar-refractivity contribution is 5.81. The fourth-order valence-corrected chi connectivity index (χ4v) is 3.40. The summed E-state index contributed by atoms with van der Waals surface area (Å²) in [5.74, 6) is -0.366. The number of benzene rings is 1. The van der Waals surface area contributed by atoms with Gasteiger partial charge in [-0.15, -0.1) is 0 Å². The molecule has 3 fully saturated rings. The summed E-state index contributed by atoms with van der Waals surface area (Å²) in [5.41, 5.74) is 0.117. The molecular weight excluding hydrogens is 223 g/mol. The van der Waals surface area contributed by atoms with Crippen LogP contribution in [0.3, 0.4) is 0 Å². The quantitative estimate of drug-likeness (QED) is 0.876. The van der Waals surface area contributed by atoms with E-state index in [0.717, 1.165) is 5.56 Å². The highest BCUT2D eigenvalue weighted by atomic mass is 19.1. The summed E-state index contributed by atoms with van der Waals surface area (Å²) in [6.07, 6.45) is 1.82. The average Bonchev–Trinajstić information content (AvgIpc) is 2.13. The first kappa shape index (κ1) is 10.6. The summed E-state index contributed by atoms with van der Waals surface area (Å²) in [4.78, 5) is 11.0. The first-order chi connectivity index (χ1) is 8.01. The van der Waals surface area contributed by atoms with Crippen molar-refractivity contribution in [1.29, 1.82) is 0 Å². The number of methoxy groups -OCH3 is 1. The van der Waals surface area contributed by atoms with Crippen molar-refractivity contribution in [1.82, 2.24) is 0 Å². The standard InChI is InChI=1S/C13H13FO3/c1-17-10-3-2-8(14)4-9(10)12-5-13(6-12,7-12)11(15)16/h2-4H,5-7H2,1H3,(H,15,16). The third kappa shape index (κ3) is 1.18. The number of hydrogen-bond acceptors (Lipinski definition) is 2. The van der Waals surface area contributed by atoms with Crippen LogP contribution in [-0.2, 0) is 10.2 Å². The molecule has 0 amide bonds. The molecule has 3 saturated carbocycles. The number of aliphatic carboxylic acids is 1. The predicted molar refractivity (Wildman–Crippen MR) is 58.5 cm³/mol.